The van der Waals surface area contributed by atoms with Crippen LogP contribution in [0.2, 0.25) is 5.02 Å². The molecule has 0 saturated carbocycles. The molecule has 0 bridgehead atoms. The molecule has 0 atom stereocenters. The highest BCUT2D eigenvalue weighted by Crippen LogP contribution is 2.38. The molecular formula is C29H18ClN3O2S. The van der Waals surface area contributed by atoms with Crippen molar-refractivity contribution in [1.29, 1.82) is 0 Å². The van der Waals surface area contributed by atoms with E-state index < -0.39 is 0 Å². The van der Waals surface area contributed by atoms with Gasteiger partial charge in [-0.3, -0.25) is 14.2 Å². The number of nitrogens with zero attached hydrogens (tertiary/aromatic N) is 2. The number of hydrogen-bond donors (Lipinski definition) is 1. The van der Waals surface area contributed by atoms with E-state index in [1.54, 1.807) is 28.8 Å². The Bertz CT molecular complexity index is 1870. The molecule has 0 radical (unpaired) electrons. The highest BCUT2D eigenvalue weighted by atomic mass is 35.5. The molecule has 174 valence electrons. The molecular weight excluding hydrogens is 490 g/mol. The summed E-state index contributed by atoms with van der Waals surface area (Å²) < 4.78 is 1.56. The minimum absolute atomic E-state index is 0.198. The Morgan fingerprint density at radius 1 is 0.778 bits per heavy atom. The van der Waals surface area contributed by atoms with Crippen molar-refractivity contribution in [2.24, 2.45) is 0 Å². The third kappa shape index (κ3) is 3.90. The summed E-state index contributed by atoms with van der Waals surface area (Å²) >= 11 is 7.54. The first-order valence-corrected chi connectivity index (χ1v) is 12.5. The number of para-hydroxylation sites is 2. The number of nitrogens with one attached hydrogen (secondary N) is 1. The van der Waals surface area contributed by atoms with Crippen molar-refractivity contribution in [3.8, 4) is 16.8 Å². The van der Waals surface area contributed by atoms with Crippen LogP contribution in [-0.4, -0.2) is 14.5 Å². The summed E-state index contributed by atoms with van der Waals surface area (Å²) in [6.45, 7) is 0. The Hall–Kier alpha value is -4.13. The highest BCUT2D eigenvalue weighted by Gasteiger charge is 2.20. The zero-order valence-electron chi connectivity index (χ0n) is 18.8. The lowest BCUT2D eigenvalue weighted by atomic mass is 10.0. The van der Waals surface area contributed by atoms with Gasteiger partial charge in [-0.15, -0.1) is 0 Å². The van der Waals surface area contributed by atoms with E-state index in [4.69, 9.17) is 16.6 Å². The first kappa shape index (κ1) is 22.3. The van der Waals surface area contributed by atoms with Crippen LogP contribution >= 0.6 is 23.4 Å². The van der Waals surface area contributed by atoms with Gasteiger partial charge in [-0.1, -0.05) is 72.3 Å². The van der Waals surface area contributed by atoms with E-state index >= 15 is 0 Å². The first-order chi connectivity index (χ1) is 17.6. The van der Waals surface area contributed by atoms with Crippen molar-refractivity contribution < 1.29 is 0 Å². The number of fused-ring (bicyclic) bond motifs is 2. The predicted octanol–water partition coefficient (Wildman–Crippen LogP) is 6.70. The summed E-state index contributed by atoms with van der Waals surface area (Å²) in [5.74, 6) is 0. The van der Waals surface area contributed by atoms with Gasteiger partial charge < -0.3 is 4.98 Å². The summed E-state index contributed by atoms with van der Waals surface area (Å²) in [5.41, 5.74) is 3.06. The topological polar surface area (TPSA) is 67.8 Å². The molecule has 0 aliphatic rings. The van der Waals surface area contributed by atoms with Crippen molar-refractivity contribution in [1.82, 2.24) is 14.5 Å². The zero-order valence-corrected chi connectivity index (χ0v) is 20.4. The van der Waals surface area contributed by atoms with Gasteiger partial charge in [0.15, 0.2) is 5.16 Å². The van der Waals surface area contributed by atoms with Crippen LogP contribution in [0, 0.1) is 0 Å². The van der Waals surface area contributed by atoms with E-state index in [-0.39, 0.29) is 11.1 Å². The maximum Gasteiger partial charge on any atom is 0.266 e. The smallest absolute Gasteiger partial charge is 0.266 e. The largest absolute Gasteiger partial charge is 0.321 e. The Labute approximate surface area is 215 Å². The van der Waals surface area contributed by atoms with Crippen LogP contribution in [0.4, 0.5) is 0 Å². The standard InChI is InChI=1S/C29H18ClN3O2S/c30-19-15-16-24-22(17-19)25(18-9-3-1-4-10-18)26(27(34)31-24)36-29-32-23-14-8-7-13-21(23)28(35)33(29)20-11-5-2-6-12-20/h1-17H,(H,31,34). The average Bonchev–Trinajstić information content (AvgIpc) is 2.90. The minimum Gasteiger partial charge on any atom is -0.321 e. The maximum atomic E-state index is 13.6. The third-order valence-corrected chi connectivity index (χ3v) is 7.23. The van der Waals surface area contributed by atoms with Crippen molar-refractivity contribution in [3.05, 3.63) is 129 Å². The number of benzene rings is 4. The second kappa shape index (κ2) is 9.15. The number of H-pyrrole nitrogens is 1. The second-order valence-electron chi connectivity index (χ2n) is 8.20. The van der Waals surface area contributed by atoms with Crippen LogP contribution in [0.5, 0.6) is 0 Å². The van der Waals surface area contributed by atoms with Crippen LogP contribution in [0.1, 0.15) is 0 Å². The van der Waals surface area contributed by atoms with Gasteiger partial charge in [0.05, 0.1) is 21.5 Å². The molecule has 0 aliphatic carbocycles. The van der Waals surface area contributed by atoms with Gasteiger partial charge in [0.25, 0.3) is 11.1 Å². The van der Waals surface area contributed by atoms with Crippen molar-refractivity contribution in [3.63, 3.8) is 0 Å². The van der Waals surface area contributed by atoms with Crippen molar-refractivity contribution >= 4 is 45.2 Å². The fourth-order valence-electron chi connectivity index (χ4n) is 4.31. The van der Waals surface area contributed by atoms with E-state index in [9.17, 15) is 9.59 Å². The monoisotopic (exact) mass is 507 g/mol. The molecule has 0 amide bonds. The number of hydrogen-bond acceptors (Lipinski definition) is 4. The van der Waals surface area contributed by atoms with Crippen LogP contribution in [0.3, 0.4) is 0 Å². The summed E-state index contributed by atoms with van der Waals surface area (Å²) in [6.07, 6.45) is 0. The predicted molar refractivity (Wildman–Crippen MR) is 146 cm³/mol. The molecule has 6 aromatic rings. The molecule has 36 heavy (non-hydrogen) atoms. The van der Waals surface area contributed by atoms with Gasteiger partial charge in [-0.05, 0) is 59.8 Å². The highest BCUT2D eigenvalue weighted by molar-refractivity contribution is 7.99. The summed E-state index contributed by atoms with van der Waals surface area (Å²) in [7, 11) is 0. The number of rotatable bonds is 4. The Kier molecular flexibility index (Phi) is 5.68. The molecule has 0 spiro atoms. The molecule has 1 N–H and O–H groups in total. The summed E-state index contributed by atoms with van der Waals surface area (Å²) in [4.78, 5) is 35.4. The Balaban J connectivity index is 1.68. The average molecular weight is 508 g/mol. The third-order valence-electron chi connectivity index (χ3n) is 5.95. The second-order valence-corrected chi connectivity index (χ2v) is 9.62. The minimum atomic E-state index is -0.268. The molecule has 6 rings (SSSR count). The number of halogens is 1. The molecule has 0 unspecified atom stereocenters. The van der Waals surface area contributed by atoms with Crippen molar-refractivity contribution in [2.75, 3.05) is 0 Å². The summed E-state index contributed by atoms with van der Waals surface area (Å²) in [6, 6.07) is 31.6. The van der Waals surface area contributed by atoms with Gasteiger partial charge in [0, 0.05) is 21.5 Å². The van der Waals surface area contributed by atoms with Gasteiger partial charge in [-0.25, -0.2) is 4.98 Å². The Morgan fingerprint density at radius 2 is 1.47 bits per heavy atom. The van der Waals surface area contributed by atoms with E-state index in [1.165, 1.54) is 11.8 Å². The lowest BCUT2D eigenvalue weighted by Gasteiger charge is -2.16. The number of pyridine rings is 1. The maximum absolute atomic E-state index is 13.6. The molecule has 0 fully saturated rings. The normalized spacial score (nSPS) is 11.2. The van der Waals surface area contributed by atoms with Crippen LogP contribution in [0.25, 0.3) is 38.6 Å². The summed E-state index contributed by atoms with van der Waals surface area (Å²) in [5, 5.41) is 2.28. The molecule has 0 aliphatic heterocycles. The quantitative estimate of drug-likeness (QED) is 0.270. The molecule has 7 heteroatoms. The fraction of sp³-hybridized carbons (Fsp3) is 0. The van der Waals surface area contributed by atoms with E-state index in [2.05, 4.69) is 4.98 Å². The molecule has 2 heterocycles. The molecule has 5 nitrogen and oxygen atoms in total. The SMILES string of the molecule is O=c1[nH]c2ccc(Cl)cc2c(-c2ccccc2)c1Sc1nc2ccccc2c(=O)n1-c1ccccc1. The van der Waals surface area contributed by atoms with Gasteiger partial charge >= 0.3 is 0 Å². The lowest BCUT2D eigenvalue weighted by molar-refractivity contribution is 0.819. The van der Waals surface area contributed by atoms with Gasteiger partial charge in [0.2, 0.25) is 0 Å². The van der Waals surface area contributed by atoms with Gasteiger partial charge in [0.1, 0.15) is 0 Å². The zero-order chi connectivity index (χ0) is 24.6. The van der Waals surface area contributed by atoms with Crippen molar-refractivity contribution in [2.45, 2.75) is 10.1 Å². The molecule has 2 aromatic heterocycles. The first-order valence-electron chi connectivity index (χ1n) is 11.3. The molecule has 0 saturated heterocycles. The van der Waals surface area contributed by atoms with E-state index in [1.807, 2.05) is 78.9 Å². The van der Waals surface area contributed by atoms with E-state index in [0.29, 0.717) is 37.2 Å². The van der Waals surface area contributed by atoms with Crippen LogP contribution < -0.4 is 11.1 Å². The fourth-order valence-corrected chi connectivity index (χ4v) is 5.56. The lowest BCUT2D eigenvalue weighted by Crippen LogP contribution is -2.22. The Morgan fingerprint density at radius 3 is 2.25 bits per heavy atom. The number of aromatic nitrogens is 3. The van der Waals surface area contributed by atoms with Gasteiger partial charge in [-0.2, -0.15) is 0 Å². The molecule has 4 aromatic carbocycles. The van der Waals surface area contributed by atoms with Crippen LogP contribution in [0.15, 0.2) is 123 Å². The van der Waals surface area contributed by atoms with E-state index in [0.717, 1.165) is 16.5 Å². The number of aromatic amines is 1. The van der Waals surface area contributed by atoms with Crippen LogP contribution in [-0.2, 0) is 0 Å².